The van der Waals surface area contributed by atoms with Gasteiger partial charge >= 0.3 is 0 Å². The number of likely N-dealkylation sites (tertiary alicyclic amines) is 1. The van der Waals surface area contributed by atoms with Crippen LogP contribution in [0.15, 0.2) is 28.9 Å². The van der Waals surface area contributed by atoms with Gasteiger partial charge in [-0.15, -0.1) is 0 Å². The van der Waals surface area contributed by atoms with Crippen molar-refractivity contribution in [2.24, 2.45) is 0 Å². The fraction of sp³-hybridized carbons (Fsp3) is 0.556. The van der Waals surface area contributed by atoms with Crippen molar-refractivity contribution in [2.75, 3.05) is 20.1 Å². The summed E-state index contributed by atoms with van der Waals surface area (Å²) < 4.78 is 5.06. The molecule has 0 aliphatic carbocycles. The van der Waals surface area contributed by atoms with Crippen LogP contribution in [0.25, 0.3) is 0 Å². The zero-order chi connectivity index (χ0) is 17.6. The van der Waals surface area contributed by atoms with Gasteiger partial charge in [0.2, 0.25) is 5.89 Å². The highest BCUT2D eigenvalue weighted by molar-refractivity contribution is 5.90. The van der Waals surface area contributed by atoms with Crippen LogP contribution in [0.5, 0.6) is 0 Å². The lowest BCUT2D eigenvalue weighted by Crippen LogP contribution is -2.35. The third-order valence-electron chi connectivity index (χ3n) is 4.71. The van der Waals surface area contributed by atoms with Gasteiger partial charge in [-0.3, -0.25) is 14.7 Å². The Bertz CT molecular complexity index is 688. The summed E-state index contributed by atoms with van der Waals surface area (Å²) in [4.78, 5) is 25.3. The molecule has 0 radical (unpaired) electrons. The molecule has 1 fully saturated rings. The molecular formula is C18H25N5O2. The monoisotopic (exact) mass is 343 g/mol. The van der Waals surface area contributed by atoms with Crippen molar-refractivity contribution >= 4 is 5.91 Å². The normalized spacial score (nSPS) is 18.4. The average Bonchev–Trinajstić information content (AvgIpc) is 2.98. The second kappa shape index (κ2) is 8.20. The molecule has 1 saturated heterocycles. The Morgan fingerprint density at radius 1 is 1.36 bits per heavy atom. The summed E-state index contributed by atoms with van der Waals surface area (Å²) in [5.41, 5.74) is 1.07. The van der Waals surface area contributed by atoms with E-state index in [1.807, 2.05) is 36.2 Å². The summed E-state index contributed by atoms with van der Waals surface area (Å²) in [5, 5.41) is 3.81. The Balaban J connectivity index is 1.57. The molecule has 3 heterocycles. The number of carbonyl (C=O) groups is 1. The molecule has 7 nitrogen and oxygen atoms in total. The largest absolute Gasteiger partial charge is 0.339 e. The van der Waals surface area contributed by atoms with Gasteiger partial charge in [0, 0.05) is 38.3 Å². The van der Waals surface area contributed by atoms with E-state index < -0.39 is 0 Å². The van der Waals surface area contributed by atoms with E-state index in [2.05, 4.69) is 27.1 Å². The second-order valence-electron chi connectivity index (χ2n) is 6.48. The lowest BCUT2D eigenvalue weighted by atomic mass is 10.1. The molecule has 25 heavy (non-hydrogen) atoms. The van der Waals surface area contributed by atoms with Crippen LogP contribution >= 0.6 is 0 Å². The lowest BCUT2D eigenvalue weighted by molar-refractivity contribution is 0.0741. The van der Waals surface area contributed by atoms with E-state index in [1.54, 1.807) is 0 Å². The Morgan fingerprint density at radius 2 is 2.24 bits per heavy atom. The molecule has 1 atom stereocenters. The minimum absolute atomic E-state index is 0.128. The maximum absolute atomic E-state index is 12.6. The number of pyridine rings is 1. The number of nitrogens with zero attached hydrogens (tertiary/aromatic N) is 5. The van der Waals surface area contributed by atoms with Crippen LogP contribution in [-0.2, 0) is 13.0 Å². The molecular weight excluding hydrogens is 318 g/mol. The van der Waals surface area contributed by atoms with Crippen LogP contribution in [0.3, 0.4) is 0 Å². The van der Waals surface area contributed by atoms with Gasteiger partial charge in [0.1, 0.15) is 0 Å². The third kappa shape index (κ3) is 4.42. The van der Waals surface area contributed by atoms with Crippen molar-refractivity contribution in [1.82, 2.24) is 24.9 Å². The molecule has 0 spiro atoms. The minimum atomic E-state index is -0.128. The van der Waals surface area contributed by atoms with Crippen LogP contribution in [0, 0.1) is 0 Å². The van der Waals surface area contributed by atoms with Gasteiger partial charge in [-0.1, -0.05) is 18.1 Å². The van der Waals surface area contributed by atoms with E-state index in [0.717, 1.165) is 38.0 Å². The van der Waals surface area contributed by atoms with Crippen molar-refractivity contribution in [3.63, 3.8) is 0 Å². The molecule has 0 saturated carbocycles. The molecule has 1 aliphatic heterocycles. The van der Waals surface area contributed by atoms with Crippen molar-refractivity contribution in [3.8, 4) is 0 Å². The molecule has 2 aromatic rings. The first-order valence-electron chi connectivity index (χ1n) is 8.89. The molecule has 134 valence electrons. The topological polar surface area (TPSA) is 75.4 Å². The van der Waals surface area contributed by atoms with E-state index in [4.69, 9.17) is 4.52 Å². The number of aromatic nitrogens is 3. The zero-order valence-corrected chi connectivity index (χ0v) is 14.9. The van der Waals surface area contributed by atoms with Crippen molar-refractivity contribution in [1.29, 1.82) is 0 Å². The van der Waals surface area contributed by atoms with Gasteiger partial charge in [-0.05, 0) is 38.4 Å². The highest BCUT2D eigenvalue weighted by Crippen LogP contribution is 2.18. The summed E-state index contributed by atoms with van der Waals surface area (Å²) >= 11 is 0. The first-order valence-corrected chi connectivity index (χ1v) is 8.89. The molecule has 3 rings (SSSR count). The Labute approximate surface area is 148 Å². The van der Waals surface area contributed by atoms with Gasteiger partial charge in [0.05, 0.1) is 5.69 Å². The molecule has 0 N–H and O–H groups in total. The van der Waals surface area contributed by atoms with Crippen molar-refractivity contribution < 1.29 is 9.32 Å². The van der Waals surface area contributed by atoms with Crippen LogP contribution in [0.4, 0.5) is 0 Å². The van der Waals surface area contributed by atoms with Gasteiger partial charge in [-0.2, -0.15) is 4.98 Å². The summed E-state index contributed by atoms with van der Waals surface area (Å²) in [6.45, 7) is 4.20. The summed E-state index contributed by atoms with van der Waals surface area (Å²) in [6, 6.07) is 6.43. The van der Waals surface area contributed by atoms with Crippen LogP contribution in [0.2, 0.25) is 0 Å². The number of hydrogen-bond acceptors (Lipinski definition) is 6. The third-order valence-corrected chi connectivity index (χ3v) is 4.71. The molecule has 2 aromatic heterocycles. The highest BCUT2D eigenvalue weighted by atomic mass is 16.5. The smallest absolute Gasteiger partial charge is 0.295 e. The Kier molecular flexibility index (Phi) is 5.75. The van der Waals surface area contributed by atoms with E-state index in [1.165, 1.54) is 0 Å². The predicted molar refractivity (Wildman–Crippen MR) is 92.9 cm³/mol. The fourth-order valence-electron chi connectivity index (χ4n) is 3.23. The van der Waals surface area contributed by atoms with Gasteiger partial charge in [0.25, 0.3) is 11.7 Å². The molecule has 0 aromatic carbocycles. The lowest BCUT2D eigenvalue weighted by Gasteiger charge is -2.26. The molecule has 1 unspecified atom stereocenters. The van der Waals surface area contributed by atoms with E-state index in [9.17, 15) is 4.79 Å². The number of hydrogen-bond donors (Lipinski definition) is 0. The van der Waals surface area contributed by atoms with Crippen molar-refractivity contribution in [3.05, 3.63) is 41.8 Å². The van der Waals surface area contributed by atoms with E-state index in [0.29, 0.717) is 24.9 Å². The SMILES string of the molecule is CCc1nc(C(=O)N2CCCC(N(C)Cc3ccccn3)CC2)no1. The van der Waals surface area contributed by atoms with Crippen LogP contribution in [-0.4, -0.2) is 57.0 Å². The van der Waals surface area contributed by atoms with Crippen LogP contribution < -0.4 is 0 Å². The second-order valence-corrected chi connectivity index (χ2v) is 6.48. The number of aryl methyl sites for hydroxylation is 1. The van der Waals surface area contributed by atoms with E-state index in [-0.39, 0.29) is 11.7 Å². The van der Waals surface area contributed by atoms with Gasteiger partial charge in [-0.25, -0.2) is 0 Å². The Hall–Kier alpha value is -2.28. The highest BCUT2D eigenvalue weighted by Gasteiger charge is 2.26. The van der Waals surface area contributed by atoms with Crippen LogP contribution in [0.1, 0.15) is 48.4 Å². The number of amides is 1. The fourth-order valence-corrected chi connectivity index (χ4v) is 3.23. The minimum Gasteiger partial charge on any atom is -0.339 e. The van der Waals surface area contributed by atoms with Gasteiger partial charge in [0.15, 0.2) is 0 Å². The Morgan fingerprint density at radius 3 is 2.96 bits per heavy atom. The maximum Gasteiger partial charge on any atom is 0.295 e. The summed E-state index contributed by atoms with van der Waals surface area (Å²) in [5.74, 6) is 0.555. The standard InChI is InChI=1S/C18H25N5O2/c1-3-16-20-17(21-25-16)18(24)23-11-6-8-15(9-12-23)22(2)13-14-7-4-5-10-19-14/h4-5,7,10,15H,3,6,8-9,11-13H2,1-2H3. The summed E-state index contributed by atoms with van der Waals surface area (Å²) in [6.07, 6.45) is 5.45. The van der Waals surface area contributed by atoms with E-state index >= 15 is 0 Å². The zero-order valence-electron chi connectivity index (χ0n) is 14.9. The number of carbonyl (C=O) groups excluding carboxylic acids is 1. The maximum atomic E-state index is 12.6. The molecule has 1 amide bonds. The van der Waals surface area contributed by atoms with Crippen molar-refractivity contribution in [2.45, 2.75) is 45.2 Å². The quantitative estimate of drug-likeness (QED) is 0.828. The number of rotatable bonds is 5. The van der Waals surface area contributed by atoms with Gasteiger partial charge < -0.3 is 9.42 Å². The molecule has 1 aliphatic rings. The first kappa shape index (κ1) is 17.5. The predicted octanol–water partition coefficient (Wildman–Crippen LogP) is 2.15. The molecule has 7 heteroatoms. The average molecular weight is 343 g/mol. The molecule has 0 bridgehead atoms. The summed E-state index contributed by atoms with van der Waals surface area (Å²) in [7, 11) is 2.13. The first-order chi connectivity index (χ1) is 12.2.